The van der Waals surface area contributed by atoms with Gasteiger partial charge in [0.15, 0.2) is 0 Å². The van der Waals surface area contributed by atoms with Gasteiger partial charge >= 0.3 is 0 Å². The molecule has 1 N–H and O–H groups in total. The van der Waals surface area contributed by atoms with Crippen LogP contribution < -0.4 is 0 Å². The highest BCUT2D eigenvalue weighted by Gasteiger charge is 1.95. The van der Waals surface area contributed by atoms with Gasteiger partial charge in [-0.2, -0.15) is 0 Å². The van der Waals surface area contributed by atoms with Gasteiger partial charge in [-0.25, -0.2) is 0 Å². The van der Waals surface area contributed by atoms with Gasteiger partial charge in [0.05, 0.1) is 0 Å². The molecule has 2 heteroatoms. The van der Waals surface area contributed by atoms with Gasteiger partial charge in [0.1, 0.15) is 6.29 Å². The van der Waals surface area contributed by atoms with E-state index in [1.165, 1.54) is 11.1 Å². The maximum absolute atomic E-state index is 10.5. The van der Waals surface area contributed by atoms with Crippen molar-refractivity contribution < 1.29 is 9.90 Å². The standard InChI is InChI=1S/C15H14O.CH4O/c16-12-15-10-8-14(9-11-15)7-6-13-4-2-1-3-5-13;1-2/h1-5,8-12H,6-7H2;2H,1H3. The highest BCUT2D eigenvalue weighted by atomic mass is 16.2. The molecule has 0 amide bonds. The second-order valence-electron chi connectivity index (χ2n) is 3.85. The van der Waals surface area contributed by atoms with Crippen molar-refractivity contribution in [3.05, 3.63) is 71.3 Å². The van der Waals surface area contributed by atoms with Gasteiger partial charge in [-0.05, 0) is 24.0 Å². The van der Waals surface area contributed by atoms with Crippen molar-refractivity contribution in [1.29, 1.82) is 0 Å². The van der Waals surface area contributed by atoms with E-state index in [2.05, 4.69) is 24.3 Å². The first-order valence-corrected chi connectivity index (χ1v) is 5.91. The monoisotopic (exact) mass is 242 g/mol. The van der Waals surface area contributed by atoms with Crippen LogP contribution in [0, 0.1) is 0 Å². The van der Waals surface area contributed by atoms with E-state index in [0.29, 0.717) is 0 Å². The largest absolute Gasteiger partial charge is 0.400 e. The molecule has 0 aliphatic heterocycles. The van der Waals surface area contributed by atoms with Crippen molar-refractivity contribution in [1.82, 2.24) is 0 Å². The second kappa shape index (κ2) is 8.20. The molecule has 0 unspecified atom stereocenters. The van der Waals surface area contributed by atoms with Crippen LogP contribution in [0.25, 0.3) is 0 Å². The average molecular weight is 242 g/mol. The van der Waals surface area contributed by atoms with Crippen molar-refractivity contribution in [3.63, 3.8) is 0 Å². The van der Waals surface area contributed by atoms with Crippen molar-refractivity contribution in [2.24, 2.45) is 0 Å². The van der Waals surface area contributed by atoms with Crippen LogP contribution in [-0.4, -0.2) is 18.5 Å². The number of rotatable bonds is 4. The molecule has 2 aromatic carbocycles. The Bertz CT molecular complexity index is 446. The first-order valence-electron chi connectivity index (χ1n) is 5.91. The maximum atomic E-state index is 10.5. The number of benzene rings is 2. The zero-order valence-electron chi connectivity index (χ0n) is 10.5. The Morgan fingerprint density at radius 2 is 1.33 bits per heavy atom. The van der Waals surface area contributed by atoms with Crippen LogP contribution in [0.5, 0.6) is 0 Å². The number of aliphatic hydroxyl groups excluding tert-OH is 1. The minimum absolute atomic E-state index is 0.739. The van der Waals surface area contributed by atoms with Gasteiger partial charge in [0.2, 0.25) is 0 Å². The summed E-state index contributed by atoms with van der Waals surface area (Å²) in [5.74, 6) is 0. The van der Waals surface area contributed by atoms with Gasteiger partial charge in [0.25, 0.3) is 0 Å². The molecule has 0 fully saturated rings. The number of carbonyl (C=O) groups excluding carboxylic acids is 1. The van der Waals surface area contributed by atoms with Crippen molar-refractivity contribution in [3.8, 4) is 0 Å². The summed E-state index contributed by atoms with van der Waals surface area (Å²) >= 11 is 0. The quantitative estimate of drug-likeness (QED) is 0.837. The summed E-state index contributed by atoms with van der Waals surface area (Å²) in [6, 6.07) is 18.2. The Kier molecular flexibility index (Phi) is 6.44. The Balaban J connectivity index is 0.000000771. The predicted molar refractivity (Wildman–Crippen MR) is 73.8 cm³/mol. The SMILES string of the molecule is CO.O=Cc1ccc(CCc2ccccc2)cc1. The Labute approximate surface area is 108 Å². The lowest BCUT2D eigenvalue weighted by Crippen LogP contribution is -1.91. The van der Waals surface area contributed by atoms with Crippen molar-refractivity contribution in [2.75, 3.05) is 7.11 Å². The molecule has 0 spiro atoms. The summed E-state index contributed by atoms with van der Waals surface area (Å²) in [5.41, 5.74) is 3.36. The third kappa shape index (κ3) is 4.52. The number of aliphatic hydroxyl groups is 1. The molecule has 0 heterocycles. The number of hydrogen-bond donors (Lipinski definition) is 1. The van der Waals surface area contributed by atoms with E-state index in [-0.39, 0.29) is 0 Å². The molecular formula is C16H18O2. The van der Waals surface area contributed by atoms with Crippen molar-refractivity contribution in [2.45, 2.75) is 12.8 Å². The summed E-state index contributed by atoms with van der Waals surface area (Å²) in [6.07, 6.45) is 2.94. The molecule has 2 aromatic rings. The third-order valence-corrected chi connectivity index (χ3v) is 2.66. The minimum atomic E-state index is 0.739. The van der Waals surface area contributed by atoms with E-state index in [0.717, 1.165) is 31.8 Å². The average Bonchev–Trinajstić information content (AvgIpc) is 2.49. The lowest BCUT2D eigenvalue weighted by molar-refractivity contribution is 0.112. The summed E-state index contributed by atoms with van der Waals surface area (Å²) < 4.78 is 0. The highest BCUT2D eigenvalue weighted by Crippen LogP contribution is 2.08. The van der Waals surface area contributed by atoms with E-state index in [1.807, 2.05) is 30.3 Å². The zero-order valence-corrected chi connectivity index (χ0v) is 10.5. The number of aldehydes is 1. The molecule has 0 aliphatic rings. The van der Waals surface area contributed by atoms with Gasteiger partial charge in [-0.15, -0.1) is 0 Å². The van der Waals surface area contributed by atoms with E-state index in [9.17, 15) is 4.79 Å². The molecular weight excluding hydrogens is 224 g/mol. The topological polar surface area (TPSA) is 37.3 Å². The fourth-order valence-corrected chi connectivity index (χ4v) is 1.70. The zero-order chi connectivity index (χ0) is 13.2. The van der Waals surface area contributed by atoms with Gasteiger partial charge in [-0.1, -0.05) is 54.6 Å². The number of hydrogen-bond acceptors (Lipinski definition) is 2. The molecule has 0 radical (unpaired) electrons. The summed E-state index contributed by atoms with van der Waals surface area (Å²) in [5, 5.41) is 7.00. The minimum Gasteiger partial charge on any atom is -0.400 e. The number of carbonyl (C=O) groups is 1. The second-order valence-corrected chi connectivity index (χ2v) is 3.85. The van der Waals surface area contributed by atoms with Crippen LogP contribution in [0.4, 0.5) is 0 Å². The van der Waals surface area contributed by atoms with Gasteiger partial charge in [-0.3, -0.25) is 4.79 Å². The first-order chi connectivity index (χ1) is 8.88. The molecule has 18 heavy (non-hydrogen) atoms. The predicted octanol–water partition coefficient (Wildman–Crippen LogP) is 2.89. The molecule has 0 aromatic heterocycles. The Morgan fingerprint density at radius 1 is 0.833 bits per heavy atom. The normalized spacial score (nSPS) is 9.22. The van der Waals surface area contributed by atoms with Crippen molar-refractivity contribution >= 4 is 6.29 Å². The lowest BCUT2D eigenvalue weighted by Gasteiger charge is -2.02. The van der Waals surface area contributed by atoms with Crippen LogP contribution in [0.1, 0.15) is 21.5 Å². The Morgan fingerprint density at radius 3 is 1.83 bits per heavy atom. The smallest absolute Gasteiger partial charge is 0.150 e. The molecule has 0 aliphatic carbocycles. The van der Waals surface area contributed by atoms with E-state index < -0.39 is 0 Å². The van der Waals surface area contributed by atoms with Crippen LogP contribution in [0.3, 0.4) is 0 Å². The molecule has 0 saturated carbocycles. The summed E-state index contributed by atoms with van der Waals surface area (Å²) in [7, 11) is 1.00. The molecule has 0 bridgehead atoms. The van der Waals surface area contributed by atoms with Crippen LogP contribution in [0.2, 0.25) is 0 Å². The summed E-state index contributed by atoms with van der Waals surface area (Å²) in [6.45, 7) is 0. The van der Waals surface area contributed by atoms with E-state index in [4.69, 9.17) is 5.11 Å². The van der Waals surface area contributed by atoms with Crippen LogP contribution >= 0.6 is 0 Å². The van der Waals surface area contributed by atoms with E-state index in [1.54, 1.807) is 0 Å². The molecule has 2 rings (SSSR count). The molecule has 0 atom stereocenters. The number of aryl methyl sites for hydroxylation is 2. The summed E-state index contributed by atoms with van der Waals surface area (Å²) in [4.78, 5) is 10.5. The van der Waals surface area contributed by atoms with Crippen LogP contribution in [0.15, 0.2) is 54.6 Å². The molecule has 94 valence electrons. The Hall–Kier alpha value is -1.93. The van der Waals surface area contributed by atoms with Gasteiger partial charge < -0.3 is 5.11 Å². The van der Waals surface area contributed by atoms with Crippen LogP contribution in [-0.2, 0) is 12.8 Å². The highest BCUT2D eigenvalue weighted by molar-refractivity contribution is 5.74. The third-order valence-electron chi connectivity index (χ3n) is 2.66. The fraction of sp³-hybridized carbons (Fsp3) is 0.188. The van der Waals surface area contributed by atoms with E-state index >= 15 is 0 Å². The fourth-order valence-electron chi connectivity index (χ4n) is 1.70. The lowest BCUT2D eigenvalue weighted by atomic mass is 10.0. The molecule has 2 nitrogen and oxygen atoms in total. The first kappa shape index (κ1) is 14.1. The maximum Gasteiger partial charge on any atom is 0.150 e. The molecule has 0 saturated heterocycles. The van der Waals surface area contributed by atoms with Gasteiger partial charge in [0, 0.05) is 12.7 Å².